The molecule has 1 saturated heterocycles. The summed E-state index contributed by atoms with van der Waals surface area (Å²) in [6.45, 7) is 5.07. The lowest BCUT2D eigenvalue weighted by Gasteiger charge is -2.24. The molecule has 3 heteroatoms. The summed E-state index contributed by atoms with van der Waals surface area (Å²) in [5, 5.41) is 3.55. The van der Waals surface area contributed by atoms with Crippen LogP contribution < -0.4 is 5.32 Å². The molecule has 0 radical (unpaired) electrons. The maximum atomic E-state index is 5.47. The largest absolute Gasteiger partial charge is 0.381 e. The van der Waals surface area contributed by atoms with E-state index in [1.54, 1.807) is 0 Å². The number of ether oxygens (including phenoxy) is 1. The molecule has 16 heavy (non-hydrogen) atoms. The fraction of sp³-hybridized carbons (Fsp3) is 0.615. The first-order valence-electron chi connectivity index (χ1n) is 6.07. The van der Waals surface area contributed by atoms with E-state index < -0.39 is 0 Å². The zero-order valence-corrected chi connectivity index (χ0v) is 9.86. The molecule has 0 spiro atoms. The van der Waals surface area contributed by atoms with Crippen molar-refractivity contribution in [3.63, 3.8) is 0 Å². The fourth-order valence-electron chi connectivity index (χ4n) is 2.06. The molecule has 1 aromatic rings. The van der Waals surface area contributed by atoms with Crippen molar-refractivity contribution in [2.75, 3.05) is 19.8 Å². The molecule has 0 bridgehead atoms. The zero-order chi connectivity index (χ0) is 11.2. The highest BCUT2D eigenvalue weighted by Gasteiger charge is 2.14. The van der Waals surface area contributed by atoms with Crippen LogP contribution in [0.15, 0.2) is 24.5 Å². The van der Waals surface area contributed by atoms with Crippen molar-refractivity contribution in [2.45, 2.75) is 25.8 Å². The molecule has 1 aliphatic rings. The third-order valence-electron chi connectivity index (χ3n) is 3.15. The molecule has 3 nitrogen and oxygen atoms in total. The highest BCUT2D eigenvalue weighted by Crippen LogP contribution is 2.15. The number of nitrogens with zero attached hydrogens (tertiary/aromatic N) is 1. The van der Waals surface area contributed by atoms with E-state index in [9.17, 15) is 0 Å². The van der Waals surface area contributed by atoms with Crippen molar-refractivity contribution >= 4 is 0 Å². The van der Waals surface area contributed by atoms with Crippen molar-refractivity contribution in [1.29, 1.82) is 0 Å². The van der Waals surface area contributed by atoms with E-state index >= 15 is 0 Å². The lowest BCUT2D eigenvalue weighted by Crippen LogP contribution is -2.30. The molecule has 1 N–H and O–H groups in total. The summed E-state index contributed by atoms with van der Waals surface area (Å²) >= 11 is 0. The fourth-order valence-corrected chi connectivity index (χ4v) is 2.06. The minimum Gasteiger partial charge on any atom is -0.381 e. The van der Waals surface area contributed by atoms with Gasteiger partial charge in [-0.1, -0.05) is 6.07 Å². The number of nitrogens with one attached hydrogen (secondary N) is 1. The van der Waals surface area contributed by atoms with Crippen LogP contribution >= 0.6 is 0 Å². The van der Waals surface area contributed by atoms with Gasteiger partial charge in [-0.05, 0) is 37.3 Å². The molecule has 1 fully saturated rings. The first kappa shape index (κ1) is 11.6. The van der Waals surface area contributed by atoms with Gasteiger partial charge in [-0.25, -0.2) is 0 Å². The van der Waals surface area contributed by atoms with Gasteiger partial charge in [0.05, 0.1) is 6.61 Å². The van der Waals surface area contributed by atoms with Gasteiger partial charge in [0.1, 0.15) is 0 Å². The highest BCUT2D eigenvalue weighted by atomic mass is 16.5. The minimum atomic E-state index is 0.371. The Morgan fingerprint density at radius 3 is 3.25 bits per heavy atom. The third kappa shape index (κ3) is 3.29. The Kier molecular flexibility index (Phi) is 4.31. The van der Waals surface area contributed by atoms with Crippen molar-refractivity contribution in [3.05, 3.63) is 30.1 Å². The molecular weight excluding hydrogens is 200 g/mol. The predicted octanol–water partition coefficient (Wildman–Crippen LogP) is 2.16. The highest BCUT2D eigenvalue weighted by molar-refractivity contribution is 5.12. The maximum absolute atomic E-state index is 5.47. The molecule has 0 amide bonds. The van der Waals surface area contributed by atoms with Crippen molar-refractivity contribution in [3.8, 4) is 0 Å². The van der Waals surface area contributed by atoms with E-state index in [0.29, 0.717) is 12.0 Å². The number of hydrogen-bond acceptors (Lipinski definition) is 3. The molecule has 1 aliphatic heterocycles. The van der Waals surface area contributed by atoms with Crippen LogP contribution in [0.3, 0.4) is 0 Å². The van der Waals surface area contributed by atoms with Crippen LogP contribution in [-0.2, 0) is 4.74 Å². The van der Waals surface area contributed by atoms with Crippen LogP contribution in [0.2, 0.25) is 0 Å². The Bertz CT molecular complexity index is 296. The van der Waals surface area contributed by atoms with Gasteiger partial charge < -0.3 is 10.1 Å². The summed E-state index contributed by atoms with van der Waals surface area (Å²) in [5.74, 6) is 0.674. The van der Waals surface area contributed by atoms with E-state index in [-0.39, 0.29) is 0 Å². The average molecular weight is 220 g/mol. The van der Waals surface area contributed by atoms with Crippen LogP contribution in [0.1, 0.15) is 31.4 Å². The molecule has 1 aromatic heterocycles. The summed E-state index contributed by atoms with van der Waals surface area (Å²) in [6.07, 6.45) is 6.22. The smallest absolute Gasteiger partial charge is 0.0506 e. The van der Waals surface area contributed by atoms with E-state index in [1.165, 1.54) is 18.4 Å². The Labute approximate surface area is 97.2 Å². The van der Waals surface area contributed by atoms with Gasteiger partial charge in [0.15, 0.2) is 0 Å². The monoisotopic (exact) mass is 220 g/mol. The van der Waals surface area contributed by atoms with Crippen LogP contribution in [0.25, 0.3) is 0 Å². The summed E-state index contributed by atoms with van der Waals surface area (Å²) in [6, 6.07) is 4.47. The Hall–Kier alpha value is -0.930. The van der Waals surface area contributed by atoms with Crippen LogP contribution in [0, 0.1) is 5.92 Å². The standard InChI is InChI=1S/C13H20N2O/c1-11(13-5-2-6-14-9-13)15-8-12-4-3-7-16-10-12/h2,5-6,9,11-12,15H,3-4,7-8,10H2,1H3. The first-order chi connectivity index (χ1) is 7.86. The lowest BCUT2D eigenvalue weighted by molar-refractivity contribution is 0.0540. The second kappa shape index (κ2) is 5.97. The van der Waals surface area contributed by atoms with E-state index in [2.05, 4.69) is 23.3 Å². The lowest BCUT2D eigenvalue weighted by atomic mass is 10.0. The van der Waals surface area contributed by atoms with Crippen LogP contribution in [0.4, 0.5) is 0 Å². The van der Waals surface area contributed by atoms with Gasteiger partial charge in [-0.15, -0.1) is 0 Å². The SMILES string of the molecule is CC(NCC1CCCOC1)c1cccnc1. The molecule has 2 atom stereocenters. The Morgan fingerprint density at radius 1 is 1.62 bits per heavy atom. The summed E-state index contributed by atoms with van der Waals surface area (Å²) < 4.78 is 5.47. The molecular formula is C13H20N2O. The molecule has 0 aliphatic carbocycles. The molecule has 2 rings (SSSR count). The minimum absolute atomic E-state index is 0.371. The quantitative estimate of drug-likeness (QED) is 0.844. The van der Waals surface area contributed by atoms with Crippen LogP contribution in [0.5, 0.6) is 0 Å². The number of aromatic nitrogens is 1. The van der Waals surface area contributed by atoms with Crippen molar-refractivity contribution < 1.29 is 4.74 Å². The number of rotatable bonds is 4. The Morgan fingerprint density at radius 2 is 2.56 bits per heavy atom. The van der Waals surface area contributed by atoms with Gasteiger partial charge in [0.2, 0.25) is 0 Å². The second-order valence-corrected chi connectivity index (χ2v) is 4.50. The molecule has 0 saturated carbocycles. The number of pyridine rings is 1. The van der Waals surface area contributed by atoms with E-state index in [4.69, 9.17) is 4.74 Å². The van der Waals surface area contributed by atoms with E-state index in [1.807, 2.05) is 18.5 Å². The van der Waals surface area contributed by atoms with Gasteiger partial charge in [-0.3, -0.25) is 4.98 Å². The maximum Gasteiger partial charge on any atom is 0.0506 e. The topological polar surface area (TPSA) is 34.1 Å². The van der Waals surface area contributed by atoms with Gasteiger partial charge >= 0.3 is 0 Å². The molecule has 88 valence electrons. The van der Waals surface area contributed by atoms with Crippen molar-refractivity contribution in [2.24, 2.45) is 5.92 Å². The molecule has 2 unspecified atom stereocenters. The van der Waals surface area contributed by atoms with Gasteiger partial charge in [0.25, 0.3) is 0 Å². The zero-order valence-electron chi connectivity index (χ0n) is 9.86. The molecule has 2 heterocycles. The normalized spacial score (nSPS) is 22.9. The first-order valence-corrected chi connectivity index (χ1v) is 6.07. The average Bonchev–Trinajstić information content (AvgIpc) is 2.38. The van der Waals surface area contributed by atoms with Gasteiger partial charge in [-0.2, -0.15) is 0 Å². The summed E-state index contributed by atoms with van der Waals surface area (Å²) in [5.41, 5.74) is 1.25. The van der Waals surface area contributed by atoms with E-state index in [0.717, 1.165) is 19.8 Å². The van der Waals surface area contributed by atoms with Gasteiger partial charge in [0, 0.05) is 31.6 Å². The van der Waals surface area contributed by atoms with Crippen molar-refractivity contribution in [1.82, 2.24) is 10.3 Å². The molecule has 0 aromatic carbocycles. The third-order valence-corrected chi connectivity index (χ3v) is 3.15. The predicted molar refractivity (Wildman–Crippen MR) is 64.2 cm³/mol. The Balaban J connectivity index is 1.77. The van der Waals surface area contributed by atoms with Crippen LogP contribution in [-0.4, -0.2) is 24.7 Å². The second-order valence-electron chi connectivity index (χ2n) is 4.50. The number of hydrogen-bond donors (Lipinski definition) is 1. The summed E-state index contributed by atoms with van der Waals surface area (Å²) in [7, 11) is 0. The summed E-state index contributed by atoms with van der Waals surface area (Å²) in [4.78, 5) is 4.14.